The van der Waals surface area contributed by atoms with Crippen molar-refractivity contribution in [1.82, 2.24) is 4.72 Å². The van der Waals surface area contributed by atoms with Crippen LogP contribution < -0.4 is 10.5 Å². The number of carbonyl (C=O) groups is 1. The van der Waals surface area contributed by atoms with Gasteiger partial charge in [0.2, 0.25) is 0 Å². The lowest BCUT2D eigenvalue weighted by Crippen LogP contribution is -2.44. The second kappa shape index (κ2) is 8.14. The zero-order valence-corrected chi connectivity index (χ0v) is 14.2. The van der Waals surface area contributed by atoms with Crippen molar-refractivity contribution in [2.75, 3.05) is 7.11 Å². The van der Waals surface area contributed by atoms with Crippen molar-refractivity contribution in [3.63, 3.8) is 0 Å². The van der Waals surface area contributed by atoms with Gasteiger partial charge in [0.05, 0.1) is 18.0 Å². The first-order chi connectivity index (χ1) is 11.4. The normalized spacial score (nSPS) is 14.7. The monoisotopic (exact) mass is 350 g/mol. The summed E-state index contributed by atoms with van der Waals surface area (Å²) in [6, 6.07) is 10.7. The number of methoxy groups -OCH3 is 1. The van der Waals surface area contributed by atoms with Crippen LogP contribution in [-0.2, 0) is 20.5 Å². The van der Waals surface area contributed by atoms with Gasteiger partial charge >= 0.3 is 5.97 Å². The molecular formula is C17H19FN2O3S. The van der Waals surface area contributed by atoms with Crippen LogP contribution in [0, 0.1) is 12.7 Å². The lowest BCUT2D eigenvalue weighted by Gasteiger charge is -2.23. The van der Waals surface area contributed by atoms with Gasteiger partial charge in [0.15, 0.2) is 0 Å². The third-order valence-corrected chi connectivity index (χ3v) is 4.70. The van der Waals surface area contributed by atoms with Crippen LogP contribution >= 0.6 is 0 Å². The highest BCUT2D eigenvalue weighted by atomic mass is 32.2. The second-order valence-corrected chi connectivity index (χ2v) is 6.52. The van der Waals surface area contributed by atoms with Gasteiger partial charge in [0, 0.05) is 0 Å². The Kier molecular flexibility index (Phi) is 6.19. The number of ether oxygens (including phenoxy) is 1. The van der Waals surface area contributed by atoms with Crippen LogP contribution in [0.1, 0.15) is 17.2 Å². The lowest BCUT2D eigenvalue weighted by atomic mass is 10.0. The number of hydrogen-bond acceptors (Lipinski definition) is 4. The molecule has 2 aromatic carbocycles. The first-order valence-corrected chi connectivity index (χ1v) is 8.41. The van der Waals surface area contributed by atoms with Crippen LogP contribution in [0.5, 0.6) is 0 Å². The zero-order chi connectivity index (χ0) is 17.7. The Labute approximate surface area is 142 Å². The molecule has 24 heavy (non-hydrogen) atoms. The van der Waals surface area contributed by atoms with E-state index in [-0.39, 0.29) is 0 Å². The molecule has 128 valence electrons. The van der Waals surface area contributed by atoms with Gasteiger partial charge in [-0.25, -0.2) is 13.3 Å². The first kappa shape index (κ1) is 18.3. The predicted octanol–water partition coefficient (Wildman–Crippen LogP) is 1.99. The van der Waals surface area contributed by atoms with E-state index in [2.05, 4.69) is 9.46 Å². The number of nitrogens with two attached hydrogens (primary N) is 1. The second-order valence-electron chi connectivity index (χ2n) is 5.28. The van der Waals surface area contributed by atoms with Crippen LogP contribution in [0.3, 0.4) is 0 Å². The Hall–Kier alpha value is -2.09. The van der Waals surface area contributed by atoms with Gasteiger partial charge in [-0.1, -0.05) is 29.8 Å². The predicted molar refractivity (Wildman–Crippen MR) is 89.9 cm³/mol. The SMILES string of the molecule is COC(=O)[C@@H](N)[C@H](NS(=O)c1ccc(C)cc1)c1ccc(F)cc1. The highest BCUT2D eigenvalue weighted by Gasteiger charge is 2.28. The van der Waals surface area contributed by atoms with Crippen molar-refractivity contribution < 1.29 is 18.1 Å². The zero-order valence-electron chi connectivity index (χ0n) is 13.4. The molecule has 2 aromatic rings. The third kappa shape index (κ3) is 4.47. The molecule has 0 aliphatic heterocycles. The molecular weight excluding hydrogens is 331 g/mol. The Bertz CT molecular complexity index is 720. The molecule has 0 aliphatic carbocycles. The van der Waals surface area contributed by atoms with Crippen LogP contribution in [0.4, 0.5) is 4.39 Å². The molecule has 3 N–H and O–H groups in total. The molecule has 3 atom stereocenters. The molecule has 0 aromatic heterocycles. The number of esters is 1. The topological polar surface area (TPSA) is 81.4 Å². The number of aryl methyl sites for hydroxylation is 1. The summed E-state index contributed by atoms with van der Waals surface area (Å²) in [7, 11) is -0.375. The molecule has 5 nitrogen and oxygen atoms in total. The third-order valence-electron chi connectivity index (χ3n) is 3.53. The van der Waals surface area contributed by atoms with Gasteiger partial charge in [0.1, 0.15) is 22.8 Å². The van der Waals surface area contributed by atoms with Crippen LogP contribution in [0.15, 0.2) is 53.4 Å². The van der Waals surface area contributed by atoms with Crippen molar-refractivity contribution in [2.45, 2.75) is 23.9 Å². The van der Waals surface area contributed by atoms with Gasteiger partial charge in [-0.2, -0.15) is 0 Å². The van der Waals surface area contributed by atoms with E-state index in [9.17, 15) is 13.4 Å². The number of hydrogen-bond donors (Lipinski definition) is 2. The number of nitrogens with one attached hydrogen (secondary N) is 1. The van der Waals surface area contributed by atoms with Crippen LogP contribution in [0.2, 0.25) is 0 Å². The Morgan fingerprint density at radius 1 is 1.17 bits per heavy atom. The van der Waals surface area contributed by atoms with Gasteiger partial charge in [-0.15, -0.1) is 0 Å². The van der Waals surface area contributed by atoms with Crippen molar-refractivity contribution >= 4 is 17.0 Å². The minimum Gasteiger partial charge on any atom is -0.468 e. The molecule has 0 saturated carbocycles. The number of benzene rings is 2. The highest BCUT2D eigenvalue weighted by Crippen LogP contribution is 2.20. The van der Waals surface area contributed by atoms with Gasteiger partial charge in [-0.3, -0.25) is 4.79 Å². The number of carbonyl (C=O) groups excluding carboxylic acids is 1. The van der Waals surface area contributed by atoms with Crippen LogP contribution in [0.25, 0.3) is 0 Å². The van der Waals surface area contributed by atoms with E-state index in [1.807, 2.05) is 19.1 Å². The molecule has 0 amide bonds. The minimum atomic E-state index is -1.60. The fraction of sp³-hybridized carbons (Fsp3) is 0.235. The van der Waals surface area contributed by atoms with Crippen molar-refractivity contribution in [2.24, 2.45) is 5.73 Å². The van der Waals surface area contributed by atoms with E-state index in [1.165, 1.54) is 31.4 Å². The molecule has 2 rings (SSSR count). The first-order valence-electron chi connectivity index (χ1n) is 7.26. The van der Waals surface area contributed by atoms with Gasteiger partial charge < -0.3 is 10.5 Å². The molecule has 0 saturated heterocycles. The van der Waals surface area contributed by atoms with Crippen molar-refractivity contribution in [1.29, 1.82) is 0 Å². The van der Waals surface area contributed by atoms with Crippen molar-refractivity contribution in [3.8, 4) is 0 Å². The summed E-state index contributed by atoms with van der Waals surface area (Å²) in [5.74, 6) is -1.07. The summed E-state index contributed by atoms with van der Waals surface area (Å²) in [5, 5.41) is 0. The molecule has 0 aliphatic rings. The summed E-state index contributed by atoms with van der Waals surface area (Å²) >= 11 is 0. The van der Waals surface area contributed by atoms with E-state index in [0.717, 1.165) is 5.56 Å². The quantitative estimate of drug-likeness (QED) is 0.781. The largest absolute Gasteiger partial charge is 0.468 e. The highest BCUT2D eigenvalue weighted by molar-refractivity contribution is 7.83. The maximum Gasteiger partial charge on any atom is 0.324 e. The van der Waals surface area contributed by atoms with E-state index >= 15 is 0 Å². The maximum absolute atomic E-state index is 13.1. The molecule has 7 heteroatoms. The minimum absolute atomic E-state index is 0.413. The lowest BCUT2D eigenvalue weighted by molar-refractivity contribution is -0.142. The van der Waals surface area contributed by atoms with E-state index < -0.39 is 34.9 Å². The molecule has 0 bridgehead atoms. The Balaban J connectivity index is 2.28. The van der Waals surface area contributed by atoms with E-state index in [4.69, 9.17) is 5.73 Å². The summed E-state index contributed by atoms with van der Waals surface area (Å²) in [6.45, 7) is 1.93. The van der Waals surface area contributed by atoms with Gasteiger partial charge in [-0.05, 0) is 36.8 Å². The van der Waals surface area contributed by atoms with Crippen LogP contribution in [-0.4, -0.2) is 23.3 Å². The van der Waals surface area contributed by atoms with Gasteiger partial charge in [0.25, 0.3) is 0 Å². The fourth-order valence-corrected chi connectivity index (χ4v) is 3.17. The Morgan fingerprint density at radius 2 is 1.75 bits per heavy atom. The molecule has 0 heterocycles. The average Bonchev–Trinajstić information content (AvgIpc) is 2.59. The molecule has 1 unspecified atom stereocenters. The maximum atomic E-state index is 13.1. The summed E-state index contributed by atoms with van der Waals surface area (Å²) in [6.07, 6.45) is 0. The van der Waals surface area contributed by atoms with Crippen molar-refractivity contribution in [3.05, 3.63) is 65.5 Å². The van der Waals surface area contributed by atoms with E-state index in [0.29, 0.717) is 10.5 Å². The fourth-order valence-electron chi connectivity index (χ4n) is 2.14. The smallest absolute Gasteiger partial charge is 0.324 e. The van der Waals surface area contributed by atoms with E-state index in [1.54, 1.807) is 12.1 Å². The molecule has 0 fully saturated rings. The summed E-state index contributed by atoms with van der Waals surface area (Å²) < 4.78 is 33.2. The number of rotatable bonds is 6. The molecule has 0 radical (unpaired) electrons. The Morgan fingerprint density at radius 3 is 2.29 bits per heavy atom. The average molecular weight is 350 g/mol. The molecule has 0 spiro atoms. The summed E-state index contributed by atoms with van der Waals surface area (Å²) in [4.78, 5) is 12.3. The standard InChI is InChI=1S/C17H19FN2O3S/c1-11-3-9-14(10-4-11)24(22)20-16(15(19)17(21)23-2)12-5-7-13(18)8-6-12/h3-10,15-16,20H,19H2,1-2H3/t15-,16+,24?/m0/s1. The summed E-state index contributed by atoms with van der Waals surface area (Å²) in [5.41, 5.74) is 7.50. The number of halogens is 1.